The molecule has 0 aliphatic heterocycles. The van der Waals surface area contributed by atoms with Gasteiger partial charge in [0.2, 0.25) is 0 Å². The zero-order valence-electron chi connectivity index (χ0n) is 11.2. The average molecular weight is 320 g/mol. The Morgan fingerprint density at radius 2 is 2.05 bits per heavy atom. The number of benzene rings is 1. The van der Waals surface area contributed by atoms with Crippen molar-refractivity contribution >= 4 is 22.1 Å². The van der Waals surface area contributed by atoms with Crippen LogP contribution in [0.25, 0.3) is 6.20 Å². The summed E-state index contributed by atoms with van der Waals surface area (Å²) in [6.07, 6.45) is 5.51. The van der Waals surface area contributed by atoms with Crippen molar-refractivity contribution in [2.24, 2.45) is 0 Å². The van der Waals surface area contributed by atoms with Crippen LogP contribution in [0.15, 0.2) is 47.7 Å². The second-order valence-electron chi connectivity index (χ2n) is 5.00. The first-order valence-electron chi connectivity index (χ1n) is 6.18. The predicted molar refractivity (Wildman–Crippen MR) is 82.6 cm³/mol. The molecule has 1 aromatic carbocycles. The number of hydrogen-bond donors (Lipinski definition) is 1. The van der Waals surface area contributed by atoms with E-state index in [1.165, 1.54) is 5.56 Å². The van der Waals surface area contributed by atoms with E-state index in [4.69, 9.17) is 0 Å². The van der Waals surface area contributed by atoms with Crippen LogP contribution in [0.4, 0.5) is 0 Å². The van der Waals surface area contributed by atoms with Gasteiger partial charge in [-0.25, -0.2) is 4.68 Å². The number of nitrogens with zero attached hydrogens (tertiary/aromatic N) is 2. The third-order valence-electron chi connectivity index (χ3n) is 3.14. The largest absolute Gasteiger partial charge is 0.304 e. The zero-order chi connectivity index (χ0) is 13.9. The second kappa shape index (κ2) is 5.72. The number of halogens is 1. The highest BCUT2D eigenvalue weighted by atomic mass is 79.9. The van der Waals surface area contributed by atoms with Crippen LogP contribution in [0.2, 0.25) is 0 Å². The Bertz CT molecular complexity index is 555. The third kappa shape index (κ3) is 3.55. The molecule has 0 fully saturated rings. The van der Waals surface area contributed by atoms with E-state index in [0.29, 0.717) is 0 Å². The predicted octanol–water partition coefficient (Wildman–Crippen LogP) is 3.77. The molecule has 0 aliphatic carbocycles. The minimum absolute atomic E-state index is 0.0863. The monoisotopic (exact) mass is 319 g/mol. The molecule has 100 valence electrons. The molecule has 0 bridgehead atoms. The van der Waals surface area contributed by atoms with Crippen LogP contribution in [-0.4, -0.2) is 9.78 Å². The topological polar surface area (TPSA) is 29.9 Å². The van der Waals surface area contributed by atoms with Gasteiger partial charge in [-0.15, -0.1) is 0 Å². The first-order valence-corrected chi connectivity index (χ1v) is 6.97. The SMILES string of the molecule is C=Cn1cc(CNC(C)(C)c2ccc(Br)cc2)cn1. The number of nitrogens with one attached hydrogen (secondary N) is 1. The molecule has 0 unspecified atom stereocenters. The normalized spacial score (nSPS) is 11.5. The fourth-order valence-corrected chi connectivity index (χ4v) is 2.12. The summed E-state index contributed by atoms with van der Waals surface area (Å²) in [4.78, 5) is 0. The van der Waals surface area contributed by atoms with Crippen molar-refractivity contribution in [1.82, 2.24) is 15.1 Å². The van der Waals surface area contributed by atoms with Crippen LogP contribution >= 0.6 is 15.9 Å². The van der Waals surface area contributed by atoms with E-state index >= 15 is 0 Å². The lowest BCUT2D eigenvalue weighted by atomic mass is 9.94. The summed E-state index contributed by atoms with van der Waals surface area (Å²) < 4.78 is 2.81. The van der Waals surface area contributed by atoms with Crippen molar-refractivity contribution in [1.29, 1.82) is 0 Å². The summed E-state index contributed by atoms with van der Waals surface area (Å²) in [5.74, 6) is 0. The molecule has 3 nitrogen and oxygen atoms in total. The molecule has 0 aliphatic rings. The Kier molecular flexibility index (Phi) is 4.22. The van der Waals surface area contributed by atoms with Crippen LogP contribution in [0.1, 0.15) is 25.0 Å². The fraction of sp³-hybridized carbons (Fsp3) is 0.267. The lowest BCUT2D eigenvalue weighted by molar-refractivity contribution is 0.401. The van der Waals surface area contributed by atoms with Gasteiger partial charge in [0, 0.05) is 34.5 Å². The first kappa shape index (κ1) is 14.0. The van der Waals surface area contributed by atoms with E-state index in [2.05, 4.69) is 71.0 Å². The van der Waals surface area contributed by atoms with E-state index in [9.17, 15) is 0 Å². The summed E-state index contributed by atoms with van der Waals surface area (Å²) >= 11 is 3.46. The molecule has 0 saturated heterocycles. The van der Waals surface area contributed by atoms with Gasteiger partial charge < -0.3 is 5.32 Å². The van der Waals surface area contributed by atoms with Gasteiger partial charge in [-0.05, 0) is 31.5 Å². The van der Waals surface area contributed by atoms with Gasteiger partial charge >= 0.3 is 0 Å². The van der Waals surface area contributed by atoms with Crippen LogP contribution < -0.4 is 5.32 Å². The molecule has 1 aromatic heterocycles. The minimum Gasteiger partial charge on any atom is -0.304 e. The Morgan fingerprint density at radius 1 is 1.37 bits per heavy atom. The van der Waals surface area contributed by atoms with E-state index in [-0.39, 0.29) is 5.54 Å². The molecule has 1 heterocycles. The van der Waals surface area contributed by atoms with E-state index in [1.54, 1.807) is 10.9 Å². The maximum Gasteiger partial charge on any atom is 0.0538 e. The van der Waals surface area contributed by atoms with Gasteiger partial charge in [0.1, 0.15) is 0 Å². The molecule has 0 radical (unpaired) electrons. The Labute approximate surface area is 122 Å². The second-order valence-corrected chi connectivity index (χ2v) is 5.91. The van der Waals surface area contributed by atoms with Gasteiger partial charge in [-0.2, -0.15) is 5.10 Å². The third-order valence-corrected chi connectivity index (χ3v) is 3.67. The molecule has 0 saturated carbocycles. The summed E-state index contributed by atoms with van der Waals surface area (Å²) in [6, 6.07) is 8.39. The Morgan fingerprint density at radius 3 is 2.63 bits per heavy atom. The summed E-state index contributed by atoms with van der Waals surface area (Å²) in [6.45, 7) is 8.81. The average Bonchev–Trinajstić information content (AvgIpc) is 2.85. The van der Waals surface area contributed by atoms with Crippen molar-refractivity contribution in [2.75, 3.05) is 0 Å². The molecule has 19 heavy (non-hydrogen) atoms. The van der Waals surface area contributed by atoms with Crippen molar-refractivity contribution in [3.05, 3.63) is 58.8 Å². The quantitative estimate of drug-likeness (QED) is 0.909. The van der Waals surface area contributed by atoms with Crippen molar-refractivity contribution in [2.45, 2.75) is 25.9 Å². The summed E-state index contributed by atoms with van der Waals surface area (Å²) in [7, 11) is 0. The highest BCUT2D eigenvalue weighted by molar-refractivity contribution is 9.10. The molecule has 0 spiro atoms. The maximum absolute atomic E-state index is 4.17. The number of rotatable bonds is 5. The summed E-state index contributed by atoms with van der Waals surface area (Å²) in [5.41, 5.74) is 2.31. The van der Waals surface area contributed by atoms with Crippen molar-refractivity contribution in [3.63, 3.8) is 0 Å². The highest BCUT2D eigenvalue weighted by Gasteiger charge is 2.19. The molecule has 2 rings (SSSR count). The minimum atomic E-state index is -0.0863. The van der Waals surface area contributed by atoms with Crippen LogP contribution in [0.3, 0.4) is 0 Å². The highest BCUT2D eigenvalue weighted by Crippen LogP contribution is 2.22. The van der Waals surface area contributed by atoms with Crippen molar-refractivity contribution in [3.8, 4) is 0 Å². The van der Waals surface area contributed by atoms with Gasteiger partial charge in [0.05, 0.1) is 6.20 Å². The van der Waals surface area contributed by atoms with Gasteiger partial charge in [0.25, 0.3) is 0 Å². The van der Waals surface area contributed by atoms with E-state index < -0.39 is 0 Å². The summed E-state index contributed by atoms with van der Waals surface area (Å²) in [5, 5.41) is 7.72. The van der Waals surface area contributed by atoms with E-state index in [0.717, 1.165) is 16.6 Å². The molecule has 1 N–H and O–H groups in total. The molecule has 2 aromatic rings. The maximum atomic E-state index is 4.17. The Balaban J connectivity index is 2.04. The fourth-order valence-electron chi connectivity index (χ4n) is 1.86. The van der Waals surface area contributed by atoms with Gasteiger partial charge in [0.15, 0.2) is 0 Å². The zero-order valence-corrected chi connectivity index (χ0v) is 12.8. The van der Waals surface area contributed by atoms with Gasteiger partial charge in [-0.3, -0.25) is 0 Å². The molecule has 0 amide bonds. The first-order chi connectivity index (χ1) is 9.01. The molecule has 4 heteroatoms. The van der Waals surface area contributed by atoms with Crippen molar-refractivity contribution < 1.29 is 0 Å². The Hall–Kier alpha value is -1.39. The molecular weight excluding hydrogens is 302 g/mol. The lowest BCUT2D eigenvalue weighted by Crippen LogP contribution is -2.35. The lowest BCUT2D eigenvalue weighted by Gasteiger charge is -2.27. The standard InChI is InChI=1S/C15H18BrN3/c1-4-19-11-12(10-18-19)9-17-15(2,3)13-5-7-14(16)8-6-13/h4-8,10-11,17H,1,9H2,2-3H3. The molecule has 0 atom stereocenters. The molecular formula is C15H18BrN3. The van der Waals surface area contributed by atoms with Crippen LogP contribution in [-0.2, 0) is 12.1 Å². The van der Waals surface area contributed by atoms with Gasteiger partial charge in [-0.1, -0.05) is 34.6 Å². The smallest absolute Gasteiger partial charge is 0.0538 e. The number of aromatic nitrogens is 2. The van der Waals surface area contributed by atoms with Crippen LogP contribution in [0.5, 0.6) is 0 Å². The van der Waals surface area contributed by atoms with E-state index in [1.807, 2.05) is 12.4 Å². The van der Waals surface area contributed by atoms with Crippen LogP contribution in [0, 0.1) is 0 Å². The number of hydrogen-bond acceptors (Lipinski definition) is 2.